The third-order valence-electron chi connectivity index (χ3n) is 1.31. The third-order valence-corrected chi connectivity index (χ3v) is 1.31. The topological polar surface area (TPSA) is 103 Å². The highest BCUT2D eigenvalue weighted by Gasteiger charge is 2.16. The summed E-state index contributed by atoms with van der Waals surface area (Å²) in [6.45, 7) is 5.43. The molecule has 0 aromatic heterocycles. The number of hydrazine groups is 1. The molecule has 14 heavy (non-hydrogen) atoms. The largest absolute Gasteiger partial charge is 0.460 e. The zero-order chi connectivity index (χ0) is 11.2. The molecule has 0 heterocycles. The summed E-state index contributed by atoms with van der Waals surface area (Å²) >= 11 is 0. The van der Waals surface area contributed by atoms with Gasteiger partial charge in [0, 0.05) is 6.42 Å². The predicted octanol–water partition coefficient (Wildman–Crippen LogP) is -0.156. The number of rotatable bonds is 3. The molecule has 0 aliphatic rings. The molecule has 6 heteroatoms. The lowest BCUT2D eigenvalue weighted by Crippen LogP contribution is -2.32. The molecule has 0 amide bonds. The number of hydrazone groups is 1. The maximum absolute atomic E-state index is 11.2. The third kappa shape index (κ3) is 6.24. The Labute approximate surface area is 83.6 Å². The van der Waals surface area contributed by atoms with Crippen LogP contribution in [0.25, 0.3) is 0 Å². The molecule has 6 nitrogen and oxygen atoms in total. The van der Waals surface area contributed by atoms with Gasteiger partial charge in [-0.1, -0.05) is 0 Å². The van der Waals surface area contributed by atoms with E-state index in [1.165, 1.54) is 0 Å². The van der Waals surface area contributed by atoms with Crippen molar-refractivity contribution in [2.24, 2.45) is 16.8 Å². The number of carbonyl (C=O) groups excluding carboxylic acids is 1. The van der Waals surface area contributed by atoms with E-state index in [0.29, 0.717) is 12.3 Å². The number of esters is 1. The normalized spacial score (nSPS) is 12.4. The molecular weight excluding hydrogens is 184 g/mol. The fourth-order valence-electron chi connectivity index (χ4n) is 0.787. The van der Waals surface area contributed by atoms with Crippen LogP contribution in [-0.2, 0) is 9.53 Å². The maximum atomic E-state index is 11.2. The molecule has 5 N–H and O–H groups in total. The zero-order valence-electron chi connectivity index (χ0n) is 8.83. The van der Waals surface area contributed by atoms with Crippen LogP contribution in [0.2, 0.25) is 0 Å². The van der Waals surface area contributed by atoms with Crippen molar-refractivity contribution in [1.82, 2.24) is 5.43 Å². The fourth-order valence-corrected chi connectivity index (χ4v) is 0.787. The molecule has 0 saturated heterocycles. The van der Waals surface area contributed by atoms with Gasteiger partial charge in [0.2, 0.25) is 0 Å². The van der Waals surface area contributed by atoms with Gasteiger partial charge < -0.3 is 16.0 Å². The average Bonchev–Trinajstić information content (AvgIpc) is 2.03. The lowest BCUT2D eigenvalue weighted by molar-refractivity contribution is -0.154. The van der Waals surface area contributed by atoms with Crippen molar-refractivity contribution < 1.29 is 9.53 Å². The number of amidine groups is 1. The molecule has 0 atom stereocenters. The minimum absolute atomic E-state index is 0.206. The van der Waals surface area contributed by atoms with Crippen LogP contribution >= 0.6 is 0 Å². The molecule has 0 aromatic carbocycles. The second-order valence-electron chi connectivity index (χ2n) is 3.81. The van der Waals surface area contributed by atoms with Gasteiger partial charge in [-0.25, -0.2) is 5.84 Å². The number of ether oxygens (including phenoxy) is 1. The van der Waals surface area contributed by atoms with Gasteiger partial charge in [-0.3, -0.25) is 4.79 Å². The Morgan fingerprint density at radius 3 is 2.36 bits per heavy atom. The molecule has 0 aliphatic carbocycles. The van der Waals surface area contributed by atoms with Gasteiger partial charge in [0.15, 0.2) is 0 Å². The first-order valence-electron chi connectivity index (χ1n) is 4.34. The van der Waals surface area contributed by atoms with Gasteiger partial charge in [0.05, 0.1) is 6.42 Å². The van der Waals surface area contributed by atoms with Gasteiger partial charge >= 0.3 is 5.97 Å². The maximum Gasteiger partial charge on any atom is 0.306 e. The van der Waals surface area contributed by atoms with Crippen LogP contribution < -0.4 is 17.1 Å². The Morgan fingerprint density at radius 1 is 1.43 bits per heavy atom. The van der Waals surface area contributed by atoms with Crippen LogP contribution in [0.3, 0.4) is 0 Å². The van der Waals surface area contributed by atoms with E-state index in [4.69, 9.17) is 16.4 Å². The van der Waals surface area contributed by atoms with Crippen molar-refractivity contribution in [3.63, 3.8) is 0 Å². The smallest absolute Gasteiger partial charge is 0.306 e. The SMILES string of the molecule is CC(C)(C)OC(=O)CC/C(=N/N)NN. The summed E-state index contributed by atoms with van der Waals surface area (Å²) in [5.74, 6) is 10.1. The summed E-state index contributed by atoms with van der Waals surface area (Å²) in [4.78, 5) is 11.2. The molecular formula is C8H18N4O2. The number of nitrogens with two attached hydrogens (primary N) is 2. The Balaban J connectivity index is 3.86. The number of nitrogens with zero attached hydrogens (tertiary/aromatic N) is 1. The number of hydrogen-bond acceptors (Lipinski definition) is 5. The second-order valence-corrected chi connectivity index (χ2v) is 3.81. The van der Waals surface area contributed by atoms with Crippen molar-refractivity contribution in [2.75, 3.05) is 0 Å². The van der Waals surface area contributed by atoms with Crippen molar-refractivity contribution in [1.29, 1.82) is 0 Å². The zero-order valence-corrected chi connectivity index (χ0v) is 8.83. The van der Waals surface area contributed by atoms with Crippen LogP contribution in [0, 0.1) is 0 Å². The summed E-state index contributed by atoms with van der Waals surface area (Å²) in [5.41, 5.74) is 1.82. The molecule has 0 rings (SSSR count). The molecule has 0 fully saturated rings. The summed E-state index contributed by atoms with van der Waals surface area (Å²) in [6, 6.07) is 0. The Bertz CT molecular complexity index is 220. The van der Waals surface area contributed by atoms with Gasteiger partial charge in [0.25, 0.3) is 0 Å². The first-order valence-corrected chi connectivity index (χ1v) is 4.34. The monoisotopic (exact) mass is 202 g/mol. The van der Waals surface area contributed by atoms with Crippen molar-refractivity contribution >= 4 is 11.8 Å². The van der Waals surface area contributed by atoms with E-state index in [2.05, 4.69) is 10.5 Å². The molecule has 0 unspecified atom stereocenters. The lowest BCUT2D eigenvalue weighted by atomic mass is 10.2. The first kappa shape index (κ1) is 12.7. The van der Waals surface area contributed by atoms with Crippen LogP contribution in [0.4, 0.5) is 0 Å². The standard InChI is InChI=1S/C8H18N4O2/c1-8(2,3)14-7(13)5-4-6(11-9)12-10/h4-5,9-10H2,1-3H3,(H,11,12). The number of nitrogens with one attached hydrogen (secondary N) is 1. The summed E-state index contributed by atoms with van der Waals surface area (Å²) in [5, 5.41) is 3.35. The summed E-state index contributed by atoms with van der Waals surface area (Å²) < 4.78 is 5.07. The number of carbonyl (C=O) groups is 1. The van der Waals surface area contributed by atoms with E-state index in [9.17, 15) is 4.79 Å². The number of hydrogen-bond donors (Lipinski definition) is 3. The Morgan fingerprint density at radius 2 is 2.00 bits per heavy atom. The fraction of sp³-hybridized carbons (Fsp3) is 0.750. The molecule has 0 bridgehead atoms. The minimum Gasteiger partial charge on any atom is -0.460 e. The first-order chi connectivity index (χ1) is 6.39. The summed E-state index contributed by atoms with van der Waals surface area (Å²) in [7, 11) is 0. The molecule has 0 aromatic rings. The molecule has 0 saturated carbocycles. The van der Waals surface area contributed by atoms with Crippen LogP contribution in [-0.4, -0.2) is 17.4 Å². The molecule has 82 valence electrons. The van der Waals surface area contributed by atoms with E-state index in [-0.39, 0.29) is 12.4 Å². The van der Waals surface area contributed by atoms with E-state index in [0.717, 1.165) is 0 Å². The van der Waals surface area contributed by atoms with E-state index in [1.54, 1.807) is 0 Å². The highest BCUT2D eigenvalue weighted by atomic mass is 16.6. The van der Waals surface area contributed by atoms with Gasteiger partial charge in [-0.2, -0.15) is 5.10 Å². The van der Waals surface area contributed by atoms with Crippen LogP contribution in [0.15, 0.2) is 5.10 Å². The van der Waals surface area contributed by atoms with E-state index < -0.39 is 5.60 Å². The van der Waals surface area contributed by atoms with E-state index >= 15 is 0 Å². The Kier molecular flexibility index (Phi) is 4.93. The Hall–Kier alpha value is -1.30. The van der Waals surface area contributed by atoms with Crippen molar-refractivity contribution in [2.45, 2.75) is 39.2 Å². The van der Waals surface area contributed by atoms with Gasteiger partial charge in [-0.05, 0) is 20.8 Å². The quantitative estimate of drug-likeness (QED) is 0.194. The minimum atomic E-state index is -0.465. The lowest BCUT2D eigenvalue weighted by Gasteiger charge is -2.19. The van der Waals surface area contributed by atoms with Crippen molar-refractivity contribution in [3.05, 3.63) is 0 Å². The molecule has 0 radical (unpaired) electrons. The average molecular weight is 202 g/mol. The highest BCUT2D eigenvalue weighted by molar-refractivity contribution is 5.85. The van der Waals surface area contributed by atoms with Gasteiger partial charge in [0.1, 0.15) is 11.4 Å². The molecule has 0 spiro atoms. The predicted molar refractivity (Wildman–Crippen MR) is 54.0 cm³/mol. The molecule has 0 aliphatic heterocycles. The highest BCUT2D eigenvalue weighted by Crippen LogP contribution is 2.08. The van der Waals surface area contributed by atoms with Crippen LogP contribution in [0.1, 0.15) is 33.6 Å². The van der Waals surface area contributed by atoms with Crippen LogP contribution in [0.5, 0.6) is 0 Å². The van der Waals surface area contributed by atoms with Crippen molar-refractivity contribution in [3.8, 4) is 0 Å². The second kappa shape index (κ2) is 5.43. The van der Waals surface area contributed by atoms with E-state index in [1.807, 2.05) is 20.8 Å². The van der Waals surface area contributed by atoms with Gasteiger partial charge in [-0.15, -0.1) is 0 Å². The summed E-state index contributed by atoms with van der Waals surface area (Å²) in [6.07, 6.45) is 0.555.